The summed E-state index contributed by atoms with van der Waals surface area (Å²) in [6, 6.07) is 12.8. The number of amidine groups is 1. The van der Waals surface area contributed by atoms with Crippen LogP contribution in [0.4, 0.5) is 15.9 Å². The van der Waals surface area contributed by atoms with Crippen molar-refractivity contribution in [2.75, 3.05) is 5.32 Å². The molecule has 1 aromatic heterocycles. The lowest BCUT2D eigenvalue weighted by Crippen LogP contribution is -2.35. The van der Waals surface area contributed by atoms with Crippen LogP contribution in [-0.2, 0) is 6.42 Å². The summed E-state index contributed by atoms with van der Waals surface area (Å²) in [7, 11) is 0. The van der Waals surface area contributed by atoms with Crippen LogP contribution in [0.3, 0.4) is 0 Å². The summed E-state index contributed by atoms with van der Waals surface area (Å²) in [4.78, 5) is 17.2. The second-order valence-electron chi connectivity index (χ2n) is 7.98. The minimum Gasteiger partial charge on any atom is -0.333 e. The Morgan fingerprint density at radius 1 is 1.15 bits per heavy atom. The average molecular weight is 450 g/mol. The van der Waals surface area contributed by atoms with E-state index in [0.29, 0.717) is 5.69 Å². The number of nitrogens with zero attached hydrogens (tertiary/aromatic N) is 3. The van der Waals surface area contributed by atoms with Crippen LogP contribution in [0.15, 0.2) is 70.8 Å². The summed E-state index contributed by atoms with van der Waals surface area (Å²) in [6.45, 7) is 0. The molecule has 9 heteroatoms. The number of benzene rings is 2. The largest absolute Gasteiger partial charge is 0.333 e. The van der Waals surface area contributed by atoms with Crippen LogP contribution in [0.2, 0.25) is 0 Å². The van der Waals surface area contributed by atoms with Crippen LogP contribution in [0.1, 0.15) is 39.7 Å². The standard InChI is InChI=1S/C24H24FN7O.2H2/c25-20-15-18(17-3-1-2-4-17)8-11-21(20)27-23-24(33)32(14-13-26-23)19-9-5-16(6-10-19)7-12-22-28-30-31-29-22;;/h3,5-6,8-11,13-15,30-31H,1-2,4,7,12H2,(H,26,27)(H,28,29);2*1H. The van der Waals surface area contributed by atoms with E-state index < -0.39 is 5.82 Å². The predicted molar refractivity (Wildman–Crippen MR) is 131 cm³/mol. The summed E-state index contributed by atoms with van der Waals surface area (Å²) in [6.07, 6.45) is 9.94. The van der Waals surface area contributed by atoms with Crippen molar-refractivity contribution in [3.8, 4) is 5.69 Å². The van der Waals surface area contributed by atoms with Crippen LogP contribution in [0, 0.1) is 5.82 Å². The van der Waals surface area contributed by atoms with E-state index in [4.69, 9.17) is 0 Å². The summed E-state index contributed by atoms with van der Waals surface area (Å²) < 4.78 is 16.2. The molecule has 2 heterocycles. The molecule has 0 bridgehead atoms. The van der Waals surface area contributed by atoms with Crippen molar-refractivity contribution in [1.82, 2.24) is 26.0 Å². The predicted octanol–water partition coefficient (Wildman–Crippen LogP) is 4.03. The van der Waals surface area contributed by atoms with Gasteiger partial charge >= 0.3 is 0 Å². The first kappa shape index (κ1) is 20.9. The summed E-state index contributed by atoms with van der Waals surface area (Å²) >= 11 is 0. The molecule has 5 rings (SSSR count). The number of aryl methyl sites for hydroxylation is 1. The average Bonchev–Trinajstić information content (AvgIpc) is 3.55. The molecule has 1 aliphatic carbocycles. The van der Waals surface area contributed by atoms with Crippen LogP contribution >= 0.6 is 0 Å². The lowest BCUT2D eigenvalue weighted by molar-refractivity contribution is 0.576. The van der Waals surface area contributed by atoms with Crippen LogP contribution < -0.4 is 27.4 Å². The highest BCUT2D eigenvalue weighted by molar-refractivity contribution is 5.82. The van der Waals surface area contributed by atoms with Gasteiger partial charge in [-0.3, -0.25) is 14.8 Å². The molecule has 33 heavy (non-hydrogen) atoms. The Kier molecular flexibility index (Phi) is 5.86. The molecule has 0 spiro atoms. The van der Waals surface area contributed by atoms with Crippen molar-refractivity contribution in [2.45, 2.75) is 32.1 Å². The van der Waals surface area contributed by atoms with Gasteiger partial charge in [-0.2, -0.15) is 0 Å². The monoisotopic (exact) mass is 449 g/mol. The van der Waals surface area contributed by atoms with Crippen molar-refractivity contribution < 1.29 is 7.24 Å². The first-order valence-electron chi connectivity index (χ1n) is 10.9. The lowest BCUT2D eigenvalue weighted by atomic mass is 10.0. The second-order valence-corrected chi connectivity index (χ2v) is 7.98. The van der Waals surface area contributed by atoms with Crippen molar-refractivity contribution >= 4 is 22.9 Å². The van der Waals surface area contributed by atoms with E-state index >= 15 is 0 Å². The minimum atomic E-state index is -0.409. The van der Waals surface area contributed by atoms with Gasteiger partial charge in [0.2, 0.25) is 0 Å². The van der Waals surface area contributed by atoms with Gasteiger partial charge in [-0.1, -0.05) is 24.3 Å². The molecule has 172 valence electrons. The van der Waals surface area contributed by atoms with Gasteiger partial charge < -0.3 is 5.32 Å². The lowest BCUT2D eigenvalue weighted by Gasteiger charge is -2.11. The number of halogens is 1. The molecule has 2 aliphatic rings. The van der Waals surface area contributed by atoms with E-state index in [0.717, 1.165) is 49.1 Å². The molecule has 8 nitrogen and oxygen atoms in total. The third-order valence-corrected chi connectivity index (χ3v) is 5.79. The number of aromatic nitrogens is 2. The van der Waals surface area contributed by atoms with E-state index in [1.807, 2.05) is 30.3 Å². The van der Waals surface area contributed by atoms with Crippen LogP contribution in [0.25, 0.3) is 11.3 Å². The molecule has 0 atom stereocenters. The van der Waals surface area contributed by atoms with E-state index in [-0.39, 0.29) is 19.9 Å². The molecule has 2 aromatic carbocycles. The first-order chi connectivity index (χ1) is 16.2. The molecule has 0 saturated carbocycles. The van der Waals surface area contributed by atoms with Crippen molar-refractivity contribution in [1.29, 1.82) is 0 Å². The van der Waals surface area contributed by atoms with Gasteiger partial charge in [0, 0.05) is 27.4 Å². The Morgan fingerprint density at radius 3 is 2.76 bits per heavy atom. The number of hydrogen-bond donors (Lipinski definition) is 4. The van der Waals surface area contributed by atoms with Gasteiger partial charge in [0.1, 0.15) is 11.7 Å². The fourth-order valence-corrected chi connectivity index (χ4v) is 4.01. The van der Waals surface area contributed by atoms with Crippen LogP contribution in [0.5, 0.6) is 0 Å². The number of allylic oxidation sites excluding steroid dienone is 2. The number of hydrazone groups is 1. The minimum absolute atomic E-state index is 0. The van der Waals surface area contributed by atoms with Gasteiger partial charge in [0.25, 0.3) is 5.56 Å². The highest BCUT2D eigenvalue weighted by Crippen LogP contribution is 2.30. The Labute approximate surface area is 193 Å². The van der Waals surface area contributed by atoms with Crippen molar-refractivity contribution in [2.24, 2.45) is 5.10 Å². The Hall–Kier alpha value is -3.98. The fourth-order valence-electron chi connectivity index (χ4n) is 4.01. The Bertz CT molecular complexity index is 1290. The maximum Gasteiger partial charge on any atom is 0.298 e. The van der Waals surface area contributed by atoms with Gasteiger partial charge in [0.05, 0.1) is 5.69 Å². The second kappa shape index (κ2) is 9.25. The summed E-state index contributed by atoms with van der Waals surface area (Å²) in [5.41, 5.74) is 12.0. The third kappa shape index (κ3) is 4.63. The first-order valence-corrected chi connectivity index (χ1v) is 10.9. The SMILES string of the molecule is O=c1c(Nc2ccc(C3=CCCC3)cc2F)nccn1-c1ccc(CCC2=NNNN2)cc1.[HH].[HH]. The number of hydrogen-bond acceptors (Lipinski definition) is 7. The molecular weight excluding hydrogens is 421 g/mol. The van der Waals surface area contributed by atoms with E-state index in [1.54, 1.807) is 12.3 Å². The molecule has 3 aromatic rings. The smallest absolute Gasteiger partial charge is 0.298 e. The normalized spacial score (nSPS) is 14.9. The van der Waals surface area contributed by atoms with Crippen molar-refractivity contribution in [3.05, 3.63) is 88.2 Å². The highest BCUT2D eigenvalue weighted by atomic mass is 19.1. The van der Waals surface area contributed by atoms with Gasteiger partial charge in [0.15, 0.2) is 5.82 Å². The fraction of sp³-hybridized carbons (Fsp3) is 0.208. The molecule has 0 radical (unpaired) electrons. The summed E-state index contributed by atoms with van der Waals surface area (Å²) in [5.74, 6) is 0.493. The summed E-state index contributed by atoms with van der Waals surface area (Å²) in [5, 5.41) is 6.92. The van der Waals surface area contributed by atoms with E-state index in [1.165, 1.54) is 22.4 Å². The zero-order valence-corrected chi connectivity index (χ0v) is 17.9. The zero-order chi connectivity index (χ0) is 22.6. The topological polar surface area (TPSA) is 95.4 Å². The van der Waals surface area contributed by atoms with E-state index in [2.05, 4.69) is 38.0 Å². The molecule has 0 amide bonds. The maximum absolute atomic E-state index is 14.7. The number of hydrazine groups is 2. The Balaban J connectivity index is 0.00000171. The molecule has 0 fully saturated rings. The number of anilines is 2. The molecule has 0 saturated heterocycles. The molecule has 4 N–H and O–H groups in total. The van der Waals surface area contributed by atoms with Crippen molar-refractivity contribution in [3.63, 3.8) is 0 Å². The quantitative estimate of drug-likeness (QED) is 0.435. The zero-order valence-electron chi connectivity index (χ0n) is 17.9. The van der Waals surface area contributed by atoms with Gasteiger partial charge in [-0.05, 0) is 66.6 Å². The maximum atomic E-state index is 14.7. The molecule has 1 aliphatic heterocycles. The highest BCUT2D eigenvalue weighted by Gasteiger charge is 2.13. The Morgan fingerprint density at radius 2 is 2.03 bits per heavy atom. The number of rotatable bonds is 7. The number of nitrogens with one attached hydrogen (secondary N) is 4. The van der Waals surface area contributed by atoms with E-state index in [9.17, 15) is 9.18 Å². The molecule has 0 unspecified atom stereocenters. The van der Waals surface area contributed by atoms with Gasteiger partial charge in [-0.15, -0.1) is 10.6 Å². The molecular formula is C24H28FN7O. The van der Waals surface area contributed by atoms with Gasteiger partial charge in [-0.25, -0.2) is 14.9 Å². The third-order valence-electron chi connectivity index (χ3n) is 5.79. The van der Waals surface area contributed by atoms with Crippen LogP contribution in [-0.4, -0.2) is 15.4 Å².